The van der Waals surface area contributed by atoms with E-state index in [1.807, 2.05) is 0 Å². The van der Waals surface area contributed by atoms with Gasteiger partial charge in [0.2, 0.25) is 0 Å². The van der Waals surface area contributed by atoms with Crippen LogP contribution in [0.3, 0.4) is 0 Å². The lowest BCUT2D eigenvalue weighted by atomic mass is 9.89. The molecule has 0 bridgehead atoms. The number of likely N-dealkylation sites (tertiary alicyclic amines) is 1. The zero-order valence-electron chi connectivity index (χ0n) is 12.1. The molecule has 1 aromatic carbocycles. The standard InChI is InChI=1S/C17H26N2/c1-2-5-14-8-10-19(11-9-14)17-13-18-12-15-6-3-4-7-16(15)17/h3-4,6-7,14,17-18H,2,5,8-13H2,1H3. The lowest BCUT2D eigenvalue weighted by Crippen LogP contribution is -2.43. The smallest absolute Gasteiger partial charge is 0.0476 e. The predicted octanol–water partition coefficient (Wildman–Crippen LogP) is 3.34. The van der Waals surface area contributed by atoms with Gasteiger partial charge < -0.3 is 5.32 Å². The van der Waals surface area contributed by atoms with Crippen LogP contribution in [0.4, 0.5) is 0 Å². The first kappa shape index (κ1) is 13.1. The maximum absolute atomic E-state index is 3.58. The van der Waals surface area contributed by atoms with Crippen LogP contribution >= 0.6 is 0 Å². The van der Waals surface area contributed by atoms with Crippen molar-refractivity contribution in [2.75, 3.05) is 19.6 Å². The minimum atomic E-state index is 0.604. The van der Waals surface area contributed by atoms with Crippen LogP contribution in [0.15, 0.2) is 24.3 Å². The number of fused-ring (bicyclic) bond motifs is 1. The van der Waals surface area contributed by atoms with E-state index in [1.54, 1.807) is 5.56 Å². The first-order chi connectivity index (χ1) is 9.38. The van der Waals surface area contributed by atoms with Gasteiger partial charge in [0.25, 0.3) is 0 Å². The highest BCUT2D eigenvalue weighted by atomic mass is 15.2. The Labute approximate surface area is 117 Å². The normalized spacial score (nSPS) is 25.2. The summed E-state index contributed by atoms with van der Waals surface area (Å²) in [4.78, 5) is 2.71. The second-order valence-corrected chi connectivity index (χ2v) is 6.11. The molecule has 2 heterocycles. The van der Waals surface area contributed by atoms with Gasteiger partial charge in [-0.15, -0.1) is 0 Å². The van der Waals surface area contributed by atoms with E-state index in [2.05, 4.69) is 41.4 Å². The first-order valence-electron chi connectivity index (χ1n) is 7.91. The second-order valence-electron chi connectivity index (χ2n) is 6.11. The Balaban J connectivity index is 1.68. The van der Waals surface area contributed by atoms with E-state index in [1.165, 1.54) is 44.3 Å². The molecular formula is C17H26N2. The molecule has 0 saturated carbocycles. The molecule has 2 aliphatic rings. The molecule has 19 heavy (non-hydrogen) atoms. The Morgan fingerprint density at radius 2 is 2.00 bits per heavy atom. The molecule has 0 spiro atoms. The van der Waals surface area contributed by atoms with Gasteiger partial charge in [-0.1, -0.05) is 44.0 Å². The molecule has 104 valence electrons. The van der Waals surface area contributed by atoms with Crippen molar-refractivity contribution in [3.8, 4) is 0 Å². The third-order valence-corrected chi connectivity index (χ3v) is 4.85. The number of rotatable bonds is 3. The summed E-state index contributed by atoms with van der Waals surface area (Å²) in [5, 5.41) is 3.58. The molecule has 1 atom stereocenters. The monoisotopic (exact) mass is 258 g/mol. The van der Waals surface area contributed by atoms with Gasteiger partial charge in [0.15, 0.2) is 0 Å². The van der Waals surface area contributed by atoms with Crippen LogP contribution in [0.25, 0.3) is 0 Å². The maximum atomic E-state index is 3.58. The zero-order chi connectivity index (χ0) is 13.1. The summed E-state index contributed by atoms with van der Waals surface area (Å²) in [5.74, 6) is 0.980. The Morgan fingerprint density at radius 1 is 1.21 bits per heavy atom. The quantitative estimate of drug-likeness (QED) is 0.894. The maximum Gasteiger partial charge on any atom is 0.0476 e. The highest BCUT2D eigenvalue weighted by molar-refractivity contribution is 5.32. The molecule has 1 aromatic rings. The number of hydrogen-bond donors (Lipinski definition) is 1. The third-order valence-electron chi connectivity index (χ3n) is 4.85. The minimum absolute atomic E-state index is 0.604. The van der Waals surface area contributed by atoms with Crippen LogP contribution in [0.5, 0.6) is 0 Å². The van der Waals surface area contributed by atoms with Crippen LogP contribution in [-0.4, -0.2) is 24.5 Å². The number of nitrogens with zero attached hydrogens (tertiary/aromatic N) is 1. The van der Waals surface area contributed by atoms with Crippen molar-refractivity contribution in [3.63, 3.8) is 0 Å². The summed E-state index contributed by atoms with van der Waals surface area (Å²) in [7, 11) is 0. The molecule has 3 rings (SSSR count). The molecule has 2 nitrogen and oxygen atoms in total. The van der Waals surface area contributed by atoms with Crippen molar-refractivity contribution < 1.29 is 0 Å². The highest BCUT2D eigenvalue weighted by Crippen LogP contribution is 2.31. The van der Waals surface area contributed by atoms with Crippen LogP contribution in [0, 0.1) is 5.92 Å². The zero-order valence-corrected chi connectivity index (χ0v) is 12.1. The van der Waals surface area contributed by atoms with Gasteiger partial charge in [0.05, 0.1) is 0 Å². The number of nitrogens with one attached hydrogen (secondary N) is 1. The van der Waals surface area contributed by atoms with Crippen LogP contribution in [0.1, 0.15) is 49.8 Å². The van der Waals surface area contributed by atoms with E-state index in [0.717, 1.165) is 19.0 Å². The van der Waals surface area contributed by atoms with Gasteiger partial charge in [0, 0.05) is 19.1 Å². The van der Waals surface area contributed by atoms with Crippen molar-refractivity contribution >= 4 is 0 Å². The minimum Gasteiger partial charge on any atom is -0.311 e. The SMILES string of the molecule is CCCC1CCN(C2CNCc3ccccc32)CC1. The summed E-state index contributed by atoms with van der Waals surface area (Å²) in [6, 6.07) is 9.57. The van der Waals surface area contributed by atoms with Gasteiger partial charge in [-0.05, 0) is 43.0 Å². The Morgan fingerprint density at radius 3 is 2.79 bits per heavy atom. The summed E-state index contributed by atoms with van der Waals surface area (Å²) < 4.78 is 0. The van der Waals surface area contributed by atoms with Crippen molar-refractivity contribution in [1.82, 2.24) is 10.2 Å². The van der Waals surface area contributed by atoms with Gasteiger partial charge in [-0.3, -0.25) is 4.90 Å². The van der Waals surface area contributed by atoms with E-state index in [0.29, 0.717) is 6.04 Å². The van der Waals surface area contributed by atoms with E-state index in [9.17, 15) is 0 Å². The summed E-state index contributed by atoms with van der Waals surface area (Å²) in [6.45, 7) is 7.04. The summed E-state index contributed by atoms with van der Waals surface area (Å²) >= 11 is 0. The predicted molar refractivity (Wildman–Crippen MR) is 80.1 cm³/mol. The third kappa shape index (κ3) is 2.85. The molecule has 0 aliphatic carbocycles. The molecule has 0 radical (unpaired) electrons. The fraction of sp³-hybridized carbons (Fsp3) is 0.647. The largest absolute Gasteiger partial charge is 0.311 e. The molecule has 0 aromatic heterocycles. The Kier molecular flexibility index (Phi) is 4.19. The molecule has 0 amide bonds. The van der Waals surface area contributed by atoms with Crippen molar-refractivity contribution in [1.29, 1.82) is 0 Å². The molecule has 1 unspecified atom stereocenters. The van der Waals surface area contributed by atoms with E-state index in [-0.39, 0.29) is 0 Å². The average molecular weight is 258 g/mol. The molecule has 1 fully saturated rings. The van der Waals surface area contributed by atoms with Crippen molar-refractivity contribution in [3.05, 3.63) is 35.4 Å². The number of hydrogen-bond acceptors (Lipinski definition) is 2. The van der Waals surface area contributed by atoms with Gasteiger partial charge in [-0.25, -0.2) is 0 Å². The fourth-order valence-corrected chi connectivity index (χ4v) is 3.76. The van der Waals surface area contributed by atoms with Crippen LogP contribution in [-0.2, 0) is 6.54 Å². The van der Waals surface area contributed by atoms with E-state index < -0.39 is 0 Å². The Bertz CT molecular complexity index is 407. The second kappa shape index (κ2) is 6.06. The molecule has 2 aliphatic heterocycles. The van der Waals surface area contributed by atoms with E-state index >= 15 is 0 Å². The highest BCUT2D eigenvalue weighted by Gasteiger charge is 2.28. The molecule has 2 heteroatoms. The molecule has 1 N–H and O–H groups in total. The fourth-order valence-electron chi connectivity index (χ4n) is 3.76. The lowest BCUT2D eigenvalue weighted by molar-refractivity contribution is 0.122. The molecular weight excluding hydrogens is 232 g/mol. The molecule has 1 saturated heterocycles. The number of piperidine rings is 1. The average Bonchev–Trinajstić information content (AvgIpc) is 2.48. The van der Waals surface area contributed by atoms with Crippen molar-refractivity contribution in [2.24, 2.45) is 5.92 Å². The number of benzene rings is 1. The van der Waals surface area contributed by atoms with Gasteiger partial charge in [-0.2, -0.15) is 0 Å². The van der Waals surface area contributed by atoms with Gasteiger partial charge in [0.1, 0.15) is 0 Å². The van der Waals surface area contributed by atoms with Crippen molar-refractivity contribution in [2.45, 2.75) is 45.2 Å². The van der Waals surface area contributed by atoms with Crippen LogP contribution in [0.2, 0.25) is 0 Å². The topological polar surface area (TPSA) is 15.3 Å². The lowest BCUT2D eigenvalue weighted by Gasteiger charge is -2.40. The first-order valence-corrected chi connectivity index (χ1v) is 7.91. The van der Waals surface area contributed by atoms with Gasteiger partial charge >= 0.3 is 0 Å². The summed E-state index contributed by atoms with van der Waals surface area (Å²) in [5.41, 5.74) is 3.06. The van der Waals surface area contributed by atoms with E-state index in [4.69, 9.17) is 0 Å². The van der Waals surface area contributed by atoms with Crippen LogP contribution < -0.4 is 5.32 Å². The summed E-state index contributed by atoms with van der Waals surface area (Å²) in [6.07, 6.45) is 5.56. The Hall–Kier alpha value is -0.860.